The number of methoxy groups -OCH3 is 1. The van der Waals surface area contributed by atoms with Crippen LogP contribution in [0.25, 0.3) is 0 Å². The molecule has 0 aromatic heterocycles. The Hall–Kier alpha value is -2.14. The fourth-order valence-electron chi connectivity index (χ4n) is 2.90. The van der Waals surface area contributed by atoms with Gasteiger partial charge >= 0.3 is 0 Å². The molecule has 0 saturated carbocycles. The Morgan fingerprint density at radius 3 is 2.83 bits per heavy atom. The summed E-state index contributed by atoms with van der Waals surface area (Å²) in [5.74, 6) is 1.65. The number of hydrogen-bond donors (Lipinski definition) is 0. The molecule has 0 bridgehead atoms. The van der Waals surface area contributed by atoms with E-state index in [9.17, 15) is 4.79 Å². The minimum Gasteiger partial charge on any atom is -0.496 e. The van der Waals surface area contributed by atoms with Gasteiger partial charge in [-0.3, -0.25) is 4.79 Å². The van der Waals surface area contributed by atoms with E-state index in [0.29, 0.717) is 13.0 Å². The molecule has 5 heteroatoms. The summed E-state index contributed by atoms with van der Waals surface area (Å²) in [7, 11) is 3.47. The van der Waals surface area contributed by atoms with Gasteiger partial charge in [-0.15, -0.1) is 11.8 Å². The lowest BCUT2D eigenvalue weighted by Crippen LogP contribution is -2.38. The van der Waals surface area contributed by atoms with Gasteiger partial charge in [-0.2, -0.15) is 0 Å². The van der Waals surface area contributed by atoms with E-state index in [1.165, 1.54) is 0 Å². The van der Waals surface area contributed by atoms with Gasteiger partial charge < -0.3 is 14.4 Å². The molecule has 0 spiro atoms. The standard InChI is InChI=1S/C19H21NO3S/c1-20(12-13-8-9-18(24-3)16(10-13)22-2)19(21)17-11-14-6-4-5-7-15(14)23-17/h4-10,17H,11-12H2,1-3H3/t17-/m1/s1. The average molecular weight is 343 g/mol. The van der Waals surface area contributed by atoms with Gasteiger partial charge in [-0.1, -0.05) is 24.3 Å². The molecule has 1 amide bonds. The molecular formula is C19H21NO3S. The van der Waals surface area contributed by atoms with Crippen molar-refractivity contribution in [2.45, 2.75) is 24.0 Å². The van der Waals surface area contributed by atoms with Crippen molar-refractivity contribution in [2.24, 2.45) is 0 Å². The van der Waals surface area contributed by atoms with Gasteiger partial charge in [0.1, 0.15) is 11.5 Å². The van der Waals surface area contributed by atoms with E-state index in [1.807, 2.05) is 55.8 Å². The minimum absolute atomic E-state index is 0.000824. The molecule has 2 aromatic rings. The molecule has 0 aliphatic carbocycles. The number of thioether (sulfide) groups is 1. The van der Waals surface area contributed by atoms with Crippen LogP contribution in [0.4, 0.5) is 0 Å². The summed E-state index contributed by atoms with van der Waals surface area (Å²) in [5, 5.41) is 0. The maximum Gasteiger partial charge on any atom is 0.264 e. The monoisotopic (exact) mass is 343 g/mol. The van der Waals surface area contributed by atoms with Crippen LogP contribution < -0.4 is 9.47 Å². The van der Waals surface area contributed by atoms with Crippen LogP contribution in [0.2, 0.25) is 0 Å². The van der Waals surface area contributed by atoms with Gasteiger partial charge in [-0.25, -0.2) is 0 Å². The maximum absolute atomic E-state index is 12.7. The van der Waals surface area contributed by atoms with Crippen molar-refractivity contribution >= 4 is 17.7 Å². The minimum atomic E-state index is -0.431. The van der Waals surface area contributed by atoms with Crippen LogP contribution in [0.5, 0.6) is 11.5 Å². The van der Waals surface area contributed by atoms with Crippen LogP contribution in [0, 0.1) is 0 Å². The number of hydrogen-bond acceptors (Lipinski definition) is 4. The fraction of sp³-hybridized carbons (Fsp3) is 0.316. The van der Waals surface area contributed by atoms with Crippen molar-refractivity contribution < 1.29 is 14.3 Å². The predicted octanol–water partition coefficient (Wildman–Crippen LogP) is 3.38. The Bertz CT molecular complexity index is 722. The molecule has 126 valence electrons. The topological polar surface area (TPSA) is 38.8 Å². The van der Waals surface area contributed by atoms with E-state index in [4.69, 9.17) is 9.47 Å². The largest absolute Gasteiger partial charge is 0.496 e. The Labute approximate surface area is 146 Å². The zero-order valence-electron chi connectivity index (χ0n) is 14.1. The van der Waals surface area contributed by atoms with Crippen molar-refractivity contribution in [1.82, 2.24) is 4.90 Å². The maximum atomic E-state index is 12.7. The molecule has 1 atom stereocenters. The smallest absolute Gasteiger partial charge is 0.264 e. The lowest BCUT2D eigenvalue weighted by Gasteiger charge is -2.21. The van der Waals surface area contributed by atoms with Crippen LogP contribution in [-0.2, 0) is 17.8 Å². The van der Waals surface area contributed by atoms with Gasteiger partial charge in [0, 0.05) is 24.9 Å². The third-order valence-corrected chi connectivity index (χ3v) is 4.94. The molecule has 0 N–H and O–H groups in total. The van der Waals surface area contributed by atoms with Gasteiger partial charge in [-0.05, 0) is 35.6 Å². The summed E-state index contributed by atoms with van der Waals surface area (Å²) in [5.41, 5.74) is 2.13. The van der Waals surface area contributed by atoms with Crippen molar-refractivity contribution in [3.63, 3.8) is 0 Å². The van der Waals surface area contributed by atoms with Crippen LogP contribution >= 0.6 is 11.8 Å². The number of para-hydroxylation sites is 1. The summed E-state index contributed by atoms with van der Waals surface area (Å²) in [6.07, 6.45) is 2.22. The molecule has 1 aliphatic heterocycles. The summed E-state index contributed by atoms with van der Waals surface area (Å²) in [4.78, 5) is 15.5. The van der Waals surface area contributed by atoms with E-state index in [0.717, 1.165) is 27.5 Å². The molecule has 1 aliphatic rings. The molecule has 0 fully saturated rings. The number of fused-ring (bicyclic) bond motifs is 1. The first-order valence-corrected chi connectivity index (χ1v) is 9.05. The van der Waals surface area contributed by atoms with Crippen molar-refractivity contribution in [2.75, 3.05) is 20.4 Å². The molecule has 24 heavy (non-hydrogen) atoms. The molecule has 4 nitrogen and oxygen atoms in total. The number of ether oxygens (including phenoxy) is 2. The number of carbonyl (C=O) groups excluding carboxylic acids is 1. The highest BCUT2D eigenvalue weighted by atomic mass is 32.2. The van der Waals surface area contributed by atoms with Crippen molar-refractivity contribution in [1.29, 1.82) is 0 Å². The predicted molar refractivity (Wildman–Crippen MR) is 95.8 cm³/mol. The zero-order valence-corrected chi connectivity index (χ0v) is 14.9. The number of amides is 1. The average Bonchev–Trinajstić information content (AvgIpc) is 3.04. The Morgan fingerprint density at radius 1 is 1.33 bits per heavy atom. The highest BCUT2D eigenvalue weighted by molar-refractivity contribution is 7.98. The first kappa shape index (κ1) is 16.7. The van der Waals surface area contributed by atoms with Crippen molar-refractivity contribution in [3.8, 4) is 11.5 Å². The summed E-state index contributed by atoms with van der Waals surface area (Å²) >= 11 is 1.64. The second-order valence-corrected chi connectivity index (χ2v) is 6.65. The van der Waals surface area contributed by atoms with Gasteiger partial charge in [0.25, 0.3) is 5.91 Å². The van der Waals surface area contributed by atoms with E-state index < -0.39 is 6.10 Å². The molecule has 2 aromatic carbocycles. The van der Waals surface area contributed by atoms with E-state index in [-0.39, 0.29) is 5.91 Å². The summed E-state index contributed by atoms with van der Waals surface area (Å²) in [6.45, 7) is 0.528. The number of carbonyl (C=O) groups is 1. The lowest BCUT2D eigenvalue weighted by atomic mass is 10.1. The van der Waals surface area contributed by atoms with Gasteiger partial charge in [0.05, 0.1) is 7.11 Å². The van der Waals surface area contributed by atoms with Crippen LogP contribution in [0.15, 0.2) is 47.4 Å². The third-order valence-electron chi connectivity index (χ3n) is 4.17. The van der Waals surface area contributed by atoms with Crippen LogP contribution in [-0.4, -0.2) is 37.3 Å². The number of likely N-dealkylation sites (N-methyl/N-ethyl adjacent to an activating group) is 1. The van der Waals surface area contributed by atoms with Gasteiger partial charge in [0.2, 0.25) is 0 Å². The molecule has 0 saturated heterocycles. The van der Waals surface area contributed by atoms with Crippen LogP contribution in [0.3, 0.4) is 0 Å². The Balaban J connectivity index is 1.67. The SMILES string of the molecule is COc1cc(CN(C)C(=O)[C@H]2Cc3ccccc3O2)ccc1SC. The Kier molecular flexibility index (Phi) is 5.00. The first-order valence-electron chi connectivity index (χ1n) is 7.83. The normalized spacial score (nSPS) is 15.5. The molecule has 3 rings (SSSR count). The highest BCUT2D eigenvalue weighted by Gasteiger charge is 2.30. The molecule has 0 unspecified atom stereocenters. The third kappa shape index (κ3) is 3.36. The second kappa shape index (κ2) is 7.18. The lowest BCUT2D eigenvalue weighted by molar-refractivity contribution is -0.137. The molecule has 1 heterocycles. The fourth-order valence-corrected chi connectivity index (χ4v) is 3.44. The van der Waals surface area contributed by atoms with Crippen molar-refractivity contribution in [3.05, 3.63) is 53.6 Å². The first-order chi connectivity index (χ1) is 11.6. The second-order valence-electron chi connectivity index (χ2n) is 5.80. The number of rotatable bonds is 5. The number of nitrogens with zero attached hydrogens (tertiary/aromatic N) is 1. The molecular weight excluding hydrogens is 322 g/mol. The van der Waals surface area contributed by atoms with E-state index in [2.05, 4.69) is 0 Å². The summed E-state index contributed by atoms with van der Waals surface area (Å²) < 4.78 is 11.2. The molecule has 0 radical (unpaired) electrons. The quantitative estimate of drug-likeness (QED) is 0.780. The highest BCUT2D eigenvalue weighted by Crippen LogP contribution is 2.30. The van der Waals surface area contributed by atoms with Gasteiger partial charge in [0.15, 0.2) is 6.10 Å². The van der Waals surface area contributed by atoms with E-state index >= 15 is 0 Å². The number of benzene rings is 2. The van der Waals surface area contributed by atoms with E-state index in [1.54, 1.807) is 23.8 Å². The zero-order chi connectivity index (χ0) is 17.1. The Morgan fingerprint density at radius 2 is 2.12 bits per heavy atom. The summed E-state index contributed by atoms with van der Waals surface area (Å²) in [6, 6.07) is 13.9. The van der Waals surface area contributed by atoms with Crippen LogP contribution in [0.1, 0.15) is 11.1 Å².